The molecule has 0 aliphatic carbocycles. The molecule has 3 aliphatic rings. The number of benzene rings is 1. The molecule has 0 saturated carbocycles. The number of H-pyrrole nitrogens is 1. The Balaban J connectivity index is 1.35. The van der Waals surface area contributed by atoms with Crippen molar-refractivity contribution in [2.75, 3.05) is 13.1 Å². The van der Waals surface area contributed by atoms with E-state index in [1.807, 2.05) is 18.3 Å². The molecule has 2 aromatic heterocycles. The number of amides is 3. The first-order chi connectivity index (χ1) is 16.5. The average molecular weight is 461 g/mol. The molecule has 3 amide bonds. The molecule has 2 saturated heterocycles. The Morgan fingerprint density at radius 1 is 1.09 bits per heavy atom. The standard InChI is InChI=1S/C25H24FN5O3/c26-19-11-17-14(13-31(25(17)34)21-3-4-22(32)29-24(21)33)9-18(19)20-10-15(12-30-7-1-2-8-30)16-5-6-27-23(16)28-20/h5-6,9-11,21H,1-4,7-8,12-13H2,(H,27,28)(H,29,32,33). The fourth-order valence-electron chi connectivity index (χ4n) is 5.34. The van der Waals surface area contributed by atoms with Crippen LogP contribution in [0.2, 0.25) is 0 Å². The lowest BCUT2D eigenvalue weighted by Crippen LogP contribution is -2.52. The summed E-state index contributed by atoms with van der Waals surface area (Å²) in [5, 5.41) is 3.31. The molecule has 3 aliphatic heterocycles. The molecule has 0 radical (unpaired) electrons. The lowest BCUT2D eigenvalue weighted by molar-refractivity contribution is -0.136. The van der Waals surface area contributed by atoms with Gasteiger partial charge in [-0.1, -0.05) is 0 Å². The molecule has 5 heterocycles. The molecular weight excluding hydrogens is 437 g/mol. The molecule has 8 nitrogen and oxygen atoms in total. The number of nitrogens with zero attached hydrogens (tertiary/aromatic N) is 3. The number of likely N-dealkylation sites (tertiary alicyclic amines) is 1. The highest BCUT2D eigenvalue weighted by atomic mass is 19.1. The van der Waals surface area contributed by atoms with E-state index < -0.39 is 23.7 Å². The van der Waals surface area contributed by atoms with Crippen LogP contribution in [0.1, 0.15) is 47.2 Å². The van der Waals surface area contributed by atoms with Crippen molar-refractivity contribution < 1.29 is 18.8 Å². The van der Waals surface area contributed by atoms with Crippen molar-refractivity contribution in [1.82, 2.24) is 25.1 Å². The van der Waals surface area contributed by atoms with Crippen LogP contribution < -0.4 is 5.32 Å². The number of aromatic amines is 1. The number of piperidine rings is 1. The largest absolute Gasteiger partial charge is 0.346 e. The van der Waals surface area contributed by atoms with E-state index in [-0.39, 0.29) is 30.9 Å². The molecule has 0 spiro atoms. The minimum absolute atomic E-state index is 0.177. The van der Waals surface area contributed by atoms with Crippen LogP contribution in [0.3, 0.4) is 0 Å². The minimum Gasteiger partial charge on any atom is -0.346 e. The highest BCUT2D eigenvalue weighted by Crippen LogP contribution is 2.34. The topological polar surface area (TPSA) is 98.4 Å². The summed E-state index contributed by atoms with van der Waals surface area (Å²) < 4.78 is 15.3. The second kappa shape index (κ2) is 8.02. The lowest BCUT2D eigenvalue weighted by Gasteiger charge is -2.29. The summed E-state index contributed by atoms with van der Waals surface area (Å²) in [5.41, 5.74) is 3.54. The first kappa shape index (κ1) is 21.0. The van der Waals surface area contributed by atoms with Crippen LogP contribution in [0, 0.1) is 5.82 Å². The summed E-state index contributed by atoms with van der Waals surface area (Å²) in [6.07, 6.45) is 4.65. The molecular formula is C25H24FN5O3. The number of imide groups is 1. The van der Waals surface area contributed by atoms with Gasteiger partial charge in [-0.2, -0.15) is 0 Å². The average Bonchev–Trinajstić information content (AvgIpc) is 3.55. The highest BCUT2D eigenvalue weighted by Gasteiger charge is 2.39. The van der Waals surface area contributed by atoms with Crippen LogP contribution in [0.5, 0.6) is 0 Å². The van der Waals surface area contributed by atoms with E-state index in [1.165, 1.54) is 23.8 Å². The summed E-state index contributed by atoms with van der Waals surface area (Å²) in [7, 11) is 0. The third-order valence-corrected chi connectivity index (χ3v) is 7.09. The van der Waals surface area contributed by atoms with E-state index in [4.69, 9.17) is 0 Å². The van der Waals surface area contributed by atoms with Gasteiger partial charge in [0.2, 0.25) is 11.8 Å². The van der Waals surface area contributed by atoms with Gasteiger partial charge in [0.25, 0.3) is 5.91 Å². The molecule has 174 valence electrons. The van der Waals surface area contributed by atoms with Crippen molar-refractivity contribution in [2.45, 2.75) is 44.8 Å². The van der Waals surface area contributed by atoms with Crippen molar-refractivity contribution in [3.63, 3.8) is 0 Å². The molecule has 9 heteroatoms. The predicted molar refractivity (Wildman–Crippen MR) is 122 cm³/mol. The number of pyridine rings is 1. The van der Waals surface area contributed by atoms with Crippen molar-refractivity contribution in [2.24, 2.45) is 0 Å². The lowest BCUT2D eigenvalue weighted by atomic mass is 10.0. The number of fused-ring (bicyclic) bond motifs is 2. The molecule has 2 fully saturated rings. The normalized spacial score (nSPS) is 20.9. The highest BCUT2D eigenvalue weighted by molar-refractivity contribution is 6.05. The van der Waals surface area contributed by atoms with Crippen LogP contribution in [0.4, 0.5) is 4.39 Å². The number of nitrogens with one attached hydrogen (secondary N) is 2. The van der Waals surface area contributed by atoms with Crippen molar-refractivity contribution in [1.29, 1.82) is 0 Å². The zero-order chi connectivity index (χ0) is 23.4. The maximum absolute atomic E-state index is 15.3. The van der Waals surface area contributed by atoms with Crippen LogP contribution >= 0.6 is 0 Å². The smallest absolute Gasteiger partial charge is 0.255 e. The van der Waals surface area contributed by atoms with Crippen molar-refractivity contribution >= 4 is 28.8 Å². The Hall–Kier alpha value is -3.59. The minimum atomic E-state index is -0.732. The number of hydrogen-bond donors (Lipinski definition) is 2. The molecule has 34 heavy (non-hydrogen) atoms. The maximum atomic E-state index is 15.3. The van der Waals surface area contributed by atoms with E-state index in [1.54, 1.807) is 6.07 Å². The van der Waals surface area contributed by atoms with Gasteiger partial charge >= 0.3 is 0 Å². The van der Waals surface area contributed by atoms with Crippen molar-refractivity contribution in [3.8, 4) is 11.3 Å². The molecule has 1 atom stereocenters. The van der Waals surface area contributed by atoms with Gasteiger partial charge in [0.05, 0.1) is 5.69 Å². The summed E-state index contributed by atoms with van der Waals surface area (Å²) in [5.74, 6) is -1.74. The van der Waals surface area contributed by atoms with E-state index in [9.17, 15) is 14.4 Å². The summed E-state index contributed by atoms with van der Waals surface area (Å²) in [6.45, 7) is 3.07. The van der Waals surface area contributed by atoms with Crippen LogP contribution in [-0.4, -0.2) is 56.6 Å². The van der Waals surface area contributed by atoms with E-state index in [2.05, 4.69) is 20.2 Å². The molecule has 1 aromatic carbocycles. The van der Waals surface area contributed by atoms with Crippen LogP contribution in [0.15, 0.2) is 30.5 Å². The number of aromatic nitrogens is 2. The van der Waals surface area contributed by atoms with E-state index in [0.717, 1.165) is 30.6 Å². The Bertz CT molecular complexity index is 1340. The SMILES string of the molecule is O=C1CCC(N2Cc3cc(-c4cc(CN5CCCC5)c5cc[nH]c5n4)c(F)cc3C2=O)C(=O)N1. The Labute approximate surface area is 195 Å². The number of halogens is 1. The summed E-state index contributed by atoms with van der Waals surface area (Å²) in [6, 6.07) is 6.12. The first-order valence-corrected chi connectivity index (χ1v) is 11.6. The Kier molecular flexibility index (Phi) is 4.95. The summed E-state index contributed by atoms with van der Waals surface area (Å²) >= 11 is 0. The van der Waals surface area contributed by atoms with E-state index in [0.29, 0.717) is 22.5 Å². The zero-order valence-electron chi connectivity index (χ0n) is 18.6. The first-order valence-electron chi connectivity index (χ1n) is 11.6. The van der Waals surface area contributed by atoms with Gasteiger partial charge < -0.3 is 9.88 Å². The fraction of sp³-hybridized carbons (Fsp3) is 0.360. The van der Waals surface area contributed by atoms with E-state index >= 15 is 4.39 Å². The van der Waals surface area contributed by atoms with Gasteiger partial charge in [-0.25, -0.2) is 9.37 Å². The second-order valence-electron chi connectivity index (χ2n) is 9.28. The third kappa shape index (κ3) is 3.47. The number of rotatable bonds is 4. The third-order valence-electron chi connectivity index (χ3n) is 7.09. The fourth-order valence-corrected chi connectivity index (χ4v) is 5.34. The zero-order valence-corrected chi connectivity index (χ0v) is 18.6. The van der Waals surface area contributed by atoms with Gasteiger partial charge in [-0.05, 0) is 67.7 Å². The van der Waals surface area contributed by atoms with Gasteiger partial charge in [0.1, 0.15) is 17.5 Å². The Morgan fingerprint density at radius 3 is 2.71 bits per heavy atom. The quantitative estimate of drug-likeness (QED) is 0.583. The molecule has 1 unspecified atom stereocenters. The molecule has 0 bridgehead atoms. The van der Waals surface area contributed by atoms with Crippen molar-refractivity contribution in [3.05, 3.63) is 53.0 Å². The molecule has 3 aromatic rings. The monoisotopic (exact) mass is 461 g/mol. The van der Waals surface area contributed by atoms with Crippen LogP contribution in [-0.2, 0) is 22.7 Å². The number of carbonyl (C=O) groups is 3. The molecule has 6 rings (SSSR count). The Morgan fingerprint density at radius 2 is 1.91 bits per heavy atom. The second-order valence-corrected chi connectivity index (χ2v) is 9.28. The van der Waals surface area contributed by atoms with Gasteiger partial charge in [-0.15, -0.1) is 0 Å². The van der Waals surface area contributed by atoms with Crippen LogP contribution in [0.25, 0.3) is 22.3 Å². The van der Waals surface area contributed by atoms with Gasteiger partial charge in [-0.3, -0.25) is 24.6 Å². The van der Waals surface area contributed by atoms with Gasteiger partial charge in [0.15, 0.2) is 0 Å². The summed E-state index contributed by atoms with van der Waals surface area (Å²) in [4.78, 5) is 48.4. The predicted octanol–water partition coefficient (Wildman–Crippen LogP) is 2.73. The van der Waals surface area contributed by atoms with Gasteiger partial charge in [0, 0.05) is 42.2 Å². The number of hydrogen-bond acceptors (Lipinski definition) is 5. The number of carbonyl (C=O) groups excluding carboxylic acids is 3. The maximum Gasteiger partial charge on any atom is 0.255 e. The molecule has 2 N–H and O–H groups in total.